The van der Waals surface area contributed by atoms with E-state index in [-0.39, 0.29) is 30.2 Å². The molecule has 0 aromatic heterocycles. The summed E-state index contributed by atoms with van der Waals surface area (Å²) >= 11 is 0. The van der Waals surface area contributed by atoms with Crippen molar-refractivity contribution in [3.63, 3.8) is 0 Å². The molecule has 1 N–H and O–H groups in total. The first kappa shape index (κ1) is 18.2. The van der Waals surface area contributed by atoms with Gasteiger partial charge in [-0.3, -0.25) is 9.59 Å². The molecule has 4 nitrogen and oxygen atoms in total. The van der Waals surface area contributed by atoms with Gasteiger partial charge in [-0.1, -0.05) is 48.9 Å². The first-order valence-corrected chi connectivity index (χ1v) is 9.24. The summed E-state index contributed by atoms with van der Waals surface area (Å²) in [6, 6.07) is 16.1. The molecule has 1 saturated heterocycles. The first-order chi connectivity index (χ1) is 12.5. The minimum absolute atomic E-state index is 0.00829. The van der Waals surface area contributed by atoms with E-state index in [4.69, 9.17) is 0 Å². The molecular formula is C22H26N2O2. The van der Waals surface area contributed by atoms with Crippen molar-refractivity contribution < 1.29 is 9.59 Å². The summed E-state index contributed by atoms with van der Waals surface area (Å²) in [4.78, 5) is 26.7. The van der Waals surface area contributed by atoms with Gasteiger partial charge >= 0.3 is 0 Å². The number of carbonyl (C=O) groups is 2. The smallest absolute Gasteiger partial charge is 0.227 e. The van der Waals surface area contributed by atoms with E-state index in [9.17, 15) is 9.59 Å². The molecule has 1 aliphatic heterocycles. The Kier molecular flexibility index (Phi) is 5.40. The summed E-state index contributed by atoms with van der Waals surface area (Å²) < 4.78 is 0. The summed E-state index contributed by atoms with van der Waals surface area (Å²) in [5.41, 5.74) is 4.37. The molecule has 1 fully saturated rings. The van der Waals surface area contributed by atoms with Crippen molar-refractivity contribution >= 4 is 17.5 Å². The highest BCUT2D eigenvalue weighted by Gasteiger charge is 2.35. The van der Waals surface area contributed by atoms with Crippen molar-refractivity contribution in [2.75, 3.05) is 11.4 Å². The zero-order chi connectivity index (χ0) is 18.7. The molecule has 0 saturated carbocycles. The SMILES string of the molecule is CCc1ccc(C(C)NC(=O)C2CC(=O)N(c3ccc(C)cc3)C2)cc1. The Labute approximate surface area is 155 Å². The van der Waals surface area contributed by atoms with Crippen LogP contribution >= 0.6 is 0 Å². The Morgan fingerprint density at radius 3 is 2.42 bits per heavy atom. The van der Waals surface area contributed by atoms with Crippen molar-refractivity contribution in [2.45, 2.75) is 39.7 Å². The lowest BCUT2D eigenvalue weighted by atomic mass is 10.0. The van der Waals surface area contributed by atoms with Crippen molar-refractivity contribution in [3.8, 4) is 0 Å². The van der Waals surface area contributed by atoms with Crippen LogP contribution in [-0.2, 0) is 16.0 Å². The number of benzene rings is 2. The van der Waals surface area contributed by atoms with Gasteiger partial charge in [-0.15, -0.1) is 0 Å². The summed E-state index contributed by atoms with van der Waals surface area (Å²) in [7, 11) is 0. The van der Waals surface area contributed by atoms with E-state index in [0.29, 0.717) is 6.54 Å². The minimum atomic E-state index is -0.304. The summed E-state index contributed by atoms with van der Waals surface area (Å²) in [5.74, 6) is -0.352. The normalized spacial score (nSPS) is 18.0. The Balaban J connectivity index is 1.63. The molecule has 2 unspecified atom stereocenters. The van der Waals surface area contributed by atoms with Crippen LogP contribution in [0.4, 0.5) is 5.69 Å². The molecule has 26 heavy (non-hydrogen) atoms. The Hall–Kier alpha value is -2.62. The Morgan fingerprint density at radius 2 is 1.81 bits per heavy atom. The fraction of sp³-hybridized carbons (Fsp3) is 0.364. The van der Waals surface area contributed by atoms with Gasteiger partial charge in [0.25, 0.3) is 0 Å². The van der Waals surface area contributed by atoms with Crippen LogP contribution in [0.3, 0.4) is 0 Å². The molecule has 2 aromatic carbocycles. The fourth-order valence-electron chi connectivity index (χ4n) is 3.31. The number of hydrogen-bond acceptors (Lipinski definition) is 2. The van der Waals surface area contributed by atoms with Crippen LogP contribution in [0.25, 0.3) is 0 Å². The zero-order valence-electron chi connectivity index (χ0n) is 15.7. The molecule has 0 bridgehead atoms. The van der Waals surface area contributed by atoms with Crippen LogP contribution < -0.4 is 10.2 Å². The van der Waals surface area contributed by atoms with Gasteiger partial charge in [0, 0.05) is 18.7 Å². The lowest BCUT2D eigenvalue weighted by Crippen LogP contribution is -2.34. The lowest BCUT2D eigenvalue weighted by molar-refractivity contribution is -0.126. The highest BCUT2D eigenvalue weighted by atomic mass is 16.2. The van der Waals surface area contributed by atoms with E-state index >= 15 is 0 Å². The predicted octanol–water partition coefficient (Wildman–Crippen LogP) is 3.79. The van der Waals surface area contributed by atoms with Gasteiger partial charge in [0.05, 0.1) is 12.0 Å². The van der Waals surface area contributed by atoms with Crippen LogP contribution in [0, 0.1) is 12.8 Å². The molecule has 2 atom stereocenters. The molecule has 2 aromatic rings. The topological polar surface area (TPSA) is 49.4 Å². The van der Waals surface area contributed by atoms with Crippen molar-refractivity contribution in [3.05, 3.63) is 65.2 Å². The van der Waals surface area contributed by atoms with Crippen molar-refractivity contribution in [1.29, 1.82) is 0 Å². The average Bonchev–Trinajstić information content (AvgIpc) is 3.04. The van der Waals surface area contributed by atoms with Crippen LogP contribution in [0.2, 0.25) is 0 Å². The van der Waals surface area contributed by atoms with Gasteiger partial charge in [0.1, 0.15) is 0 Å². The van der Waals surface area contributed by atoms with Crippen molar-refractivity contribution in [1.82, 2.24) is 5.32 Å². The molecular weight excluding hydrogens is 324 g/mol. The van der Waals surface area contributed by atoms with Crippen LogP contribution in [0.5, 0.6) is 0 Å². The van der Waals surface area contributed by atoms with Gasteiger partial charge < -0.3 is 10.2 Å². The number of nitrogens with zero attached hydrogens (tertiary/aromatic N) is 1. The maximum absolute atomic E-state index is 12.6. The standard InChI is InChI=1S/C22H26N2O2/c1-4-17-7-9-18(10-8-17)16(3)23-22(26)19-13-21(25)24(14-19)20-11-5-15(2)6-12-20/h5-12,16,19H,4,13-14H2,1-3H3,(H,23,26). The number of rotatable bonds is 5. The van der Waals surface area contributed by atoms with Crippen LogP contribution in [-0.4, -0.2) is 18.4 Å². The molecule has 1 heterocycles. The van der Waals surface area contributed by atoms with Gasteiger partial charge in [-0.25, -0.2) is 0 Å². The van der Waals surface area contributed by atoms with E-state index in [1.165, 1.54) is 5.56 Å². The molecule has 1 aliphatic rings. The van der Waals surface area contributed by atoms with E-state index in [1.807, 2.05) is 38.1 Å². The third-order valence-corrected chi connectivity index (χ3v) is 5.09. The second-order valence-corrected chi connectivity index (χ2v) is 7.07. The van der Waals surface area contributed by atoms with Crippen LogP contribution in [0.1, 0.15) is 43.0 Å². The monoisotopic (exact) mass is 350 g/mol. The number of aryl methyl sites for hydroxylation is 2. The molecule has 2 amide bonds. The first-order valence-electron chi connectivity index (χ1n) is 9.24. The molecule has 0 radical (unpaired) electrons. The summed E-state index contributed by atoms with van der Waals surface area (Å²) in [6.45, 7) is 6.56. The molecule has 0 spiro atoms. The Morgan fingerprint density at radius 1 is 1.15 bits per heavy atom. The molecule has 3 rings (SSSR count). The second kappa shape index (κ2) is 7.73. The number of nitrogens with one attached hydrogen (secondary N) is 1. The molecule has 0 aliphatic carbocycles. The van der Waals surface area contributed by atoms with E-state index in [1.54, 1.807) is 4.90 Å². The quantitative estimate of drug-likeness (QED) is 0.892. The van der Waals surface area contributed by atoms with E-state index in [0.717, 1.165) is 23.2 Å². The number of hydrogen-bond donors (Lipinski definition) is 1. The minimum Gasteiger partial charge on any atom is -0.349 e. The van der Waals surface area contributed by atoms with E-state index < -0.39 is 0 Å². The Bertz CT molecular complexity index is 781. The maximum atomic E-state index is 12.6. The third kappa shape index (κ3) is 3.96. The van der Waals surface area contributed by atoms with Gasteiger partial charge in [0.2, 0.25) is 11.8 Å². The molecule has 136 valence electrons. The highest BCUT2D eigenvalue weighted by Crippen LogP contribution is 2.26. The fourth-order valence-corrected chi connectivity index (χ4v) is 3.31. The largest absolute Gasteiger partial charge is 0.349 e. The number of amides is 2. The van der Waals surface area contributed by atoms with Gasteiger partial charge in [0.15, 0.2) is 0 Å². The van der Waals surface area contributed by atoms with Crippen LogP contribution in [0.15, 0.2) is 48.5 Å². The third-order valence-electron chi connectivity index (χ3n) is 5.09. The number of carbonyl (C=O) groups excluding carboxylic acids is 2. The van der Waals surface area contributed by atoms with Gasteiger partial charge in [-0.2, -0.15) is 0 Å². The highest BCUT2D eigenvalue weighted by molar-refractivity contribution is 6.00. The zero-order valence-corrected chi connectivity index (χ0v) is 15.7. The van der Waals surface area contributed by atoms with E-state index in [2.05, 4.69) is 36.5 Å². The molecule has 4 heteroatoms. The average molecular weight is 350 g/mol. The second-order valence-electron chi connectivity index (χ2n) is 7.07. The lowest BCUT2D eigenvalue weighted by Gasteiger charge is -2.19. The maximum Gasteiger partial charge on any atom is 0.227 e. The van der Waals surface area contributed by atoms with Crippen molar-refractivity contribution in [2.24, 2.45) is 5.92 Å². The van der Waals surface area contributed by atoms with Gasteiger partial charge in [-0.05, 0) is 43.5 Å². The predicted molar refractivity (Wildman–Crippen MR) is 104 cm³/mol. The summed E-state index contributed by atoms with van der Waals surface area (Å²) in [5, 5.41) is 3.06. The number of anilines is 1. The summed E-state index contributed by atoms with van der Waals surface area (Å²) in [6.07, 6.45) is 1.27.